The molecule has 0 aromatic heterocycles. The van der Waals surface area contributed by atoms with E-state index in [1.807, 2.05) is 19.1 Å². The first-order valence-corrected chi connectivity index (χ1v) is 4.60. The van der Waals surface area contributed by atoms with Crippen LogP contribution in [0.4, 0.5) is 0 Å². The molecule has 0 aliphatic heterocycles. The average Bonchev–Trinajstić information content (AvgIpc) is 2.03. The predicted molar refractivity (Wildman–Crippen MR) is 56.4 cm³/mol. The molecule has 1 unspecified atom stereocenters. The summed E-state index contributed by atoms with van der Waals surface area (Å²) in [6.45, 7) is 4.31. The van der Waals surface area contributed by atoms with Gasteiger partial charge in [-0.25, -0.2) is 5.43 Å². The van der Waals surface area contributed by atoms with Crippen molar-refractivity contribution in [1.29, 1.82) is 0 Å². The normalized spacial score (nSPS) is 13.3. The molecule has 0 fully saturated rings. The minimum atomic E-state index is 0.371. The lowest BCUT2D eigenvalue weighted by Crippen LogP contribution is -2.33. The summed E-state index contributed by atoms with van der Waals surface area (Å²) in [5.74, 6) is 0. The predicted octanol–water partition coefficient (Wildman–Crippen LogP) is 2.12. The topological polar surface area (TPSA) is 15.3 Å². The highest BCUT2D eigenvalue weighted by Crippen LogP contribution is 2.16. The van der Waals surface area contributed by atoms with Crippen LogP contribution in [-0.2, 0) is 0 Å². The van der Waals surface area contributed by atoms with Gasteiger partial charge < -0.3 is 0 Å². The Morgan fingerprint density at radius 2 is 1.85 bits per heavy atom. The quantitative estimate of drug-likeness (QED) is 0.713. The molecule has 0 aliphatic carbocycles. The van der Waals surface area contributed by atoms with Crippen LogP contribution in [0.5, 0.6) is 0 Å². The lowest BCUT2D eigenvalue weighted by Gasteiger charge is -2.20. The SMILES string of the molecule is Cc1ccccc1C(C)NN(C)C. The van der Waals surface area contributed by atoms with Crippen molar-refractivity contribution in [3.05, 3.63) is 35.4 Å². The van der Waals surface area contributed by atoms with Gasteiger partial charge in [0.25, 0.3) is 0 Å². The molecule has 1 aromatic carbocycles. The monoisotopic (exact) mass is 178 g/mol. The summed E-state index contributed by atoms with van der Waals surface area (Å²) in [5, 5.41) is 1.98. The van der Waals surface area contributed by atoms with Crippen molar-refractivity contribution in [3.8, 4) is 0 Å². The van der Waals surface area contributed by atoms with Crippen LogP contribution in [-0.4, -0.2) is 19.1 Å². The first-order chi connectivity index (χ1) is 6.11. The van der Waals surface area contributed by atoms with E-state index in [1.165, 1.54) is 11.1 Å². The number of hydrogen-bond acceptors (Lipinski definition) is 2. The molecular formula is C11H18N2. The van der Waals surface area contributed by atoms with E-state index in [4.69, 9.17) is 0 Å². The third kappa shape index (κ3) is 2.83. The molecule has 0 aliphatic rings. The van der Waals surface area contributed by atoms with Gasteiger partial charge in [-0.2, -0.15) is 0 Å². The van der Waals surface area contributed by atoms with Crippen LogP contribution in [0, 0.1) is 6.92 Å². The Hall–Kier alpha value is -0.860. The highest BCUT2D eigenvalue weighted by molar-refractivity contribution is 5.27. The van der Waals surface area contributed by atoms with Crippen molar-refractivity contribution in [1.82, 2.24) is 10.4 Å². The number of hydrazine groups is 1. The van der Waals surface area contributed by atoms with Crippen LogP contribution in [0.25, 0.3) is 0 Å². The number of benzene rings is 1. The van der Waals surface area contributed by atoms with Crippen LogP contribution in [0.3, 0.4) is 0 Å². The molecule has 1 aromatic rings. The first kappa shape index (κ1) is 10.2. The second-order valence-corrected chi connectivity index (χ2v) is 3.60. The van der Waals surface area contributed by atoms with E-state index >= 15 is 0 Å². The number of rotatable bonds is 3. The van der Waals surface area contributed by atoms with E-state index in [0.717, 1.165) is 0 Å². The van der Waals surface area contributed by atoms with Crippen LogP contribution in [0.15, 0.2) is 24.3 Å². The fraction of sp³-hybridized carbons (Fsp3) is 0.455. The van der Waals surface area contributed by atoms with Gasteiger partial charge in [0.1, 0.15) is 0 Å². The molecule has 2 heteroatoms. The van der Waals surface area contributed by atoms with E-state index in [2.05, 4.69) is 43.5 Å². The van der Waals surface area contributed by atoms with E-state index in [9.17, 15) is 0 Å². The fourth-order valence-electron chi connectivity index (χ4n) is 1.53. The Kier molecular flexibility index (Phi) is 3.46. The van der Waals surface area contributed by atoms with Crippen molar-refractivity contribution >= 4 is 0 Å². The molecule has 0 spiro atoms. The van der Waals surface area contributed by atoms with Gasteiger partial charge in [-0.15, -0.1) is 0 Å². The molecule has 0 amide bonds. The lowest BCUT2D eigenvalue weighted by molar-refractivity contribution is 0.252. The molecule has 72 valence electrons. The van der Waals surface area contributed by atoms with Crippen molar-refractivity contribution < 1.29 is 0 Å². The molecule has 1 atom stereocenters. The summed E-state index contributed by atoms with van der Waals surface area (Å²) in [7, 11) is 4.02. The molecule has 2 nitrogen and oxygen atoms in total. The molecule has 1 N–H and O–H groups in total. The Bertz CT molecular complexity index is 269. The van der Waals surface area contributed by atoms with Gasteiger partial charge in [0.2, 0.25) is 0 Å². The summed E-state index contributed by atoms with van der Waals surface area (Å²) in [4.78, 5) is 0. The zero-order chi connectivity index (χ0) is 9.84. The van der Waals surface area contributed by atoms with Crippen LogP contribution < -0.4 is 5.43 Å². The van der Waals surface area contributed by atoms with Crippen molar-refractivity contribution in [2.75, 3.05) is 14.1 Å². The summed E-state index contributed by atoms with van der Waals surface area (Å²) < 4.78 is 0. The van der Waals surface area contributed by atoms with Crippen molar-refractivity contribution in [2.45, 2.75) is 19.9 Å². The Labute approximate surface area is 80.5 Å². The smallest absolute Gasteiger partial charge is 0.0438 e. The van der Waals surface area contributed by atoms with Crippen LogP contribution in [0.1, 0.15) is 24.1 Å². The average molecular weight is 178 g/mol. The van der Waals surface area contributed by atoms with Gasteiger partial charge in [-0.3, -0.25) is 5.01 Å². The number of hydrogen-bond donors (Lipinski definition) is 1. The maximum Gasteiger partial charge on any atom is 0.0438 e. The summed E-state index contributed by atoms with van der Waals surface area (Å²) in [5.41, 5.74) is 6.03. The number of nitrogens with one attached hydrogen (secondary N) is 1. The molecule has 13 heavy (non-hydrogen) atoms. The maximum atomic E-state index is 3.33. The highest BCUT2D eigenvalue weighted by Gasteiger charge is 2.06. The number of aryl methyl sites for hydroxylation is 1. The Morgan fingerprint density at radius 3 is 2.38 bits per heavy atom. The van der Waals surface area contributed by atoms with Crippen molar-refractivity contribution in [2.24, 2.45) is 0 Å². The zero-order valence-electron chi connectivity index (χ0n) is 8.83. The van der Waals surface area contributed by atoms with E-state index in [1.54, 1.807) is 0 Å². The Morgan fingerprint density at radius 1 is 1.23 bits per heavy atom. The van der Waals surface area contributed by atoms with E-state index in [-0.39, 0.29) is 0 Å². The van der Waals surface area contributed by atoms with Crippen molar-refractivity contribution in [3.63, 3.8) is 0 Å². The van der Waals surface area contributed by atoms with E-state index in [0.29, 0.717) is 6.04 Å². The number of nitrogens with zero attached hydrogens (tertiary/aromatic N) is 1. The molecule has 0 bridgehead atoms. The zero-order valence-corrected chi connectivity index (χ0v) is 8.83. The van der Waals surface area contributed by atoms with Gasteiger partial charge in [0.05, 0.1) is 0 Å². The summed E-state index contributed by atoms with van der Waals surface area (Å²) >= 11 is 0. The fourth-order valence-corrected chi connectivity index (χ4v) is 1.53. The Balaban J connectivity index is 2.76. The standard InChI is InChI=1S/C11H18N2/c1-9-7-5-6-8-11(9)10(2)12-13(3)4/h5-8,10,12H,1-4H3. The molecule has 0 saturated carbocycles. The van der Waals surface area contributed by atoms with Gasteiger partial charge in [-0.1, -0.05) is 24.3 Å². The van der Waals surface area contributed by atoms with Gasteiger partial charge >= 0.3 is 0 Å². The van der Waals surface area contributed by atoms with Gasteiger partial charge in [0, 0.05) is 20.1 Å². The first-order valence-electron chi connectivity index (χ1n) is 4.60. The third-order valence-electron chi connectivity index (χ3n) is 2.11. The summed E-state index contributed by atoms with van der Waals surface area (Å²) in [6, 6.07) is 8.83. The van der Waals surface area contributed by atoms with Gasteiger partial charge in [0.15, 0.2) is 0 Å². The second-order valence-electron chi connectivity index (χ2n) is 3.60. The largest absolute Gasteiger partial charge is 0.250 e. The van der Waals surface area contributed by atoms with Gasteiger partial charge in [-0.05, 0) is 25.0 Å². The van der Waals surface area contributed by atoms with Crippen LogP contribution in [0.2, 0.25) is 0 Å². The minimum Gasteiger partial charge on any atom is -0.250 e. The molecule has 1 rings (SSSR count). The highest BCUT2D eigenvalue weighted by atomic mass is 15.5. The summed E-state index contributed by atoms with van der Waals surface area (Å²) in [6.07, 6.45) is 0. The maximum absolute atomic E-state index is 3.33. The molecule has 0 saturated heterocycles. The molecule has 0 heterocycles. The van der Waals surface area contributed by atoms with E-state index < -0.39 is 0 Å². The third-order valence-corrected chi connectivity index (χ3v) is 2.11. The molecular weight excluding hydrogens is 160 g/mol. The molecule has 0 radical (unpaired) electrons. The lowest BCUT2D eigenvalue weighted by atomic mass is 10.0. The van der Waals surface area contributed by atoms with Crippen LogP contribution >= 0.6 is 0 Å². The minimum absolute atomic E-state index is 0.371. The second kappa shape index (κ2) is 4.40.